The summed E-state index contributed by atoms with van der Waals surface area (Å²) in [4.78, 5) is 34.6. The van der Waals surface area contributed by atoms with Crippen molar-refractivity contribution in [2.45, 2.75) is 20.0 Å². The molecule has 26 heavy (non-hydrogen) atoms. The Morgan fingerprint density at radius 3 is 3.00 bits per heavy atom. The van der Waals surface area contributed by atoms with Gasteiger partial charge in [0.2, 0.25) is 0 Å². The maximum absolute atomic E-state index is 12.5. The third-order valence-electron chi connectivity index (χ3n) is 4.28. The highest BCUT2D eigenvalue weighted by Gasteiger charge is 2.29. The van der Waals surface area contributed by atoms with E-state index in [1.807, 2.05) is 24.3 Å². The molecule has 0 aliphatic carbocycles. The molecule has 0 bridgehead atoms. The Labute approximate surface area is 153 Å². The number of aromatic nitrogens is 2. The Kier molecular flexibility index (Phi) is 4.12. The first-order chi connectivity index (χ1) is 12.6. The summed E-state index contributed by atoms with van der Waals surface area (Å²) in [6.07, 6.45) is -0.345. The van der Waals surface area contributed by atoms with Gasteiger partial charge in [0.15, 0.2) is 0 Å². The Morgan fingerprint density at radius 2 is 2.23 bits per heavy atom. The van der Waals surface area contributed by atoms with Crippen molar-refractivity contribution in [3.63, 3.8) is 0 Å². The second-order valence-corrected chi connectivity index (χ2v) is 6.99. The van der Waals surface area contributed by atoms with Crippen molar-refractivity contribution in [2.75, 3.05) is 13.7 Å². The molecule has 3 heterocycles. The molecule has 0 unspecified atom stereocenters. The van der Waals surface area contributed by atoms with Crippen LogP contribution in [-0.4, -0.2) is 34.7 Å². The van der Waals surface area contributed by atoms with E-state index in [-0.39, 0.29) is 11.7 Å². The van der Waals surface area contributed by atoms with Crippen LogP contribution in [0.15, 0.2) is 29.1 Å². The highest BCUT2D eigenvalue weighted by atomic mass is 32.1. The van der Waals surface area contributed by atoms with Gasteiger partial charge in [-0.05, 0) is 19.1 Å². The third kappa shape index (κ3) is 2.72. The predicted octanol–water partition coefficient (Wildman–Crippen LogP) is 3.13. The molecule has 7 nitrogen and oxygen atoms in total. The number of ether oxygens (including phenoxy) is 2. The lowest BCUT2D eigenvalue weighted by Gasteiger charge is -2.14. The quantitative estimate of drug-likeness (QED) is 0.765. The smallest absolute Gasteiger partial charge is 0.410 e. The zero-order valence-electron chi connectivity index (χ0n) is 14.4. The highest BCUT2D eigenvalue weighted by Crippen LogP contribution is 2.36. The number of H-pyrrole nitrogens is 1. The number of methoxy groups -OCH3 is 1. The number of fused-ring (bicyclic) bond motifs is 3. The van der Waals surface area contributed by atoms with Gasteiger partial charge in [-0.3, -0.25) is 9.69 Å². The minimum Gasteiger partial charge on any atom is -0.497 e. The van der Waals surface area contributed by atoms with Crippen molar-refractivity contribution in [3.8, 4) is 17.1 Å². The standard InChI is InChI=1S/C18H17N3O4S/c1-3-25-18(23)21-8-12-13(9-21)26-15-14(12)19-16(20-17(15)22)10-5-4-6-11(7-10)24-2/h4-7H,3,8-9H2,1-2H3,(H,19,20,22). The van der Waals surface area contributed by atoms with Gasteiger partial charge >= 0.3 is 6.09 Å². The minimum absolute atomic E-state index is 0.171. The number of aromatic amines is 1. The maximum atomic E-state index is 12.5. The molecule has 0 fully saturated rings. The van der Waals surface area contributed by atoms with Crippen LogP contribution >= 0.6 is 11.3 Å². The maximum Gasteiger partial charge on any atom is 0.410 e. The van der Waals surface area contributed by atoms with E-state index < -0.39 is 0 Å². The van der Waals surface area contributed by atoms with E-state index in [1.54, 1.807) is 18.9 Å². The monoisotopic (exact) mass is 371 g/mol. The van der Waals surface area contributed by atoms with Gasteiger partial charge in [0.05, 0.1) is 32.3 Å². The molecule has 1 aromatic carbocycles. The fraction of sp³-hybridized carbons (Fsp3) is 0.278. The SMILES string of the molecule is CCOC(=O)N1Cc2sc3c(=O)[nH]c(-c4cccc(OC)c4)nc3c2C1. The number of thiophene rings is 1. The van der Waals surface area contributed by atoms with E-state index in [0.29, 0.717) is 41.5 Å². The first-order valence-electron chi connectivity index (χ1n) is 8.21. The topological polar surface area (TPSA) is 84.5 Å². The molecule has 1 amide bonds. The molecule has 1 N–H and O–H groups in total. The lowest BCUT2D eigenvalue weighted by molar-refractivity contribution is 0.107. The van der Waals surface area contributed by atoms with Crippen LogP contribution in [0.1, 0.15) is 17.4 Å². The van der Waals surface area contributed by atoms with Crippen molar-refractivity contribution < 1.29 is 14.3 Å². The number of amides is 1. The highest BCUT2D eigenvalue weighted by molar-refractivity contribution is 7.19. The van der Waals surface area contributed by atoms with Crippen molar-refractivity contribution in [2.24, 2.45) is 0 Å². The summed E-state index contributed by atoms with van der Waals surface area (Å²) < 4.78 is 10.9. The van der Waals surface area contributed by atoms with E-state index in [2.05, 4.69) is 9.97 Å². The lowest BCUT2D eigenvalue weighted by atomic mass is 10.2. The Balaban J connectivity index is 1.77. The van der Waals surface area contributed by atoms with Gasteiger partial charge in [0.25, 0.3) is 5.56 Å². The van der Waals surface area contributed by atoms with Gasteiger partial charge in [-0.1, -0.05) is 12.1 Å². The molecule has 0 spiro atoms. The fourth-order valence-electron chi connectivity index (χ4n) is 3.04. The van der Waals surface area contributed by atoms with Crippen LogP contribution < -0.4 is 10.3 Å². The molecule has 1 aliphatic rings. The second-order valence-electron chi connectivity index (χ2n) is 5.88. The molecule has 0 saturated heterocycles. The number of rotatable bonds is 3. The summed E-state index contributed by atoms with van der Waals surface area (Å²) in [6.45, 7) is 2.97. The molecule has 134 valence electrons. The Bertz CT molecular complexity index is 1060. The van der Waals surface area contributed by atoms with E-state index in [0.717, 1.165) is 16.0 Å². The first-order valence-corrected chi connectivity index (χ1v) is 9.03. The number of benzene rings is 1. The van der Waals surface area contributed by atoms with Crippen molar-refractivity contribution in [3.05, 3.63) is 45.1 Å². The number of carbonyl (C=O) groups excluding carboxylic acids is 1. The molecule has 8 heteroatoms. The van der Waals surface area contributed by atoms with Crippen LogP contribution in [0.25, 0.3) is 21.6 Å². The van der Waals surface area contributed by atoms with Gasteiger partial charge in [-0.2, -0.15) is 0 Å². The summed E-state index contributed by atoms with van der Waals surface area (Å²) in [7, 11) is 1.59. The average Bonchev–Trinajstić information content (AvgIpc) is 3.21. The molecular weight excluding hydrogens is 354 g/mol. The van der Waals surface area contributed by atoms with Crippen LogP contribution in [0.2, 0.25) is 0 Å². The molecule has 0 atom stereocenters. The predicted molar refractivity (Wildman–Crippen MR) is 98.5 cm³/mol. The molecule has 2 aromatic heterocycles. The largest absolute Gasteiger partial charge is 0.497 e. The molecule has 0 radical (unpaired) electrons. The summed E-state index contributed by atoms with van der Waals surface area (Å²) in [5.41, 5.74) is 2.17. The van der Waals surface area contributed by atoms with Gasteiger partial charge in [-0.25, -0.2) is 9.78 Å². The Morgan fingerprint density at radius 1 is 1.38 bits per heavy atom. The van der Waals surface area contributed by atoms with Gasteiger partial charge in [0.1, 0.15) is 16.3 Å². The molecule has 1 aliphatic heterocycles. The summed E-state index contributed by atoms with van der Waals surface area (Å²) in [6, 6.07) is 7.37. The van der Waals surface area contributed by atoms with Crippen molar-refractivity contribution >= 4 is 27.6 Å². The van der Waals surface area contributed by atoms with Crippen LogP contribution in [0, 0.1) is 0 Å². The van der Waals surface area contributed by atoms with E-state index in [1.165, 1.54) is 11.3 Å². The molecule has 4 rings (SSSR count). The minimum atomic E-state index is -0.345. The molecule has 3 aromatic rings. The van der Waals surface area contributed by atoms with Gasteiger partial charge in [0, 0.05) is 16.0 Å². The van der Waals surface area contributed by atoms with Crippen LogP contribution in [0.5, 0.6) is 5.75 Å². The molecular formula is C18H17N3O4S. The average molecular weight is 371 g/mol. The fourth-order valence-corrected chi connectivity index (χ4v) is 4.20. The van der Waals surface area contributed by atoms with E-state index in [4.69, 9.17) is 9.47 Å². The van der Waals surface area contributed by atoms with Gasteiger partial charge < -0.3 is 14.5 Å². The van der Waals surface area contributed by atoms with Crippen LogP contribution in [-0.2, 0) is 17.8 Å². The normalized spacial score (nSPS) is 13.1. The number of nitrogens with one attached hydrogen (secondary N) is 1. The van der Waals surface area contributed by atoms with Crippen molar-refractivity contribution in [1.29, 1.82) is 0 Å². The van der Waals surface area contributed by atoms with Crippen molar-refractivity contribution in [1.82, 2.24) is 14.9 Å². The second kappa shape index (κ2) is 6.45. The van der Waals surface area contributed by atoms with E-state index in [9.17, 15) is 9.59 Å². The van der Waals surface area contributed by atoms with Crippen LogP contribution in [0.3, 0.4) is 0 Å². The first kappa shape index (κ1) is 16.6. The number of hydrogen-bond donors (Lipinski definition) is 1. The zero-order chi connectivity index (χ0) is 18.3. The third-order valence-corrected chi connectivity index (χ3v) is 5.48. The Hall–Kier alpha value is -2.87. The summed E-state index contributed by atoms with van der Waals surface area (Å²) >= 11 is 1.38. The summed E-state index contributed by atoms with van der Waals surface area (Å²) in [5.74, 6) is 1.17. The lowest BCUT2D eigenvalue weighted by Crippen LogP contribution is -2.26. The summed E-state index contributed by atoms with van der Waals surface area (Å²) in [5, 5.41) is 0. The van der Waals surface area contributed by atoms with Gasteiger partial charge in [-0.15, -0.1) is 11.3 Å². The number of nitrogens with zero attached hydrogens (tertiary/aromatic N) is 2. The zero-order valence-corrected chi connectivity index (χ0v) is 15.2. The van der Waals surface area contributed by atoms with E-state index >= 15 is 0 Å². The number of hydrogen-bond acceptors (Lipinski definition) is 6. The number of carbonyl (C=O) groups is 1. The molecule has 0 saturated carbocycles. The van der Waals surface area contributed by atoms with Crippen LogP contribution in [0.4, 0.5) is 4.79 Å².